The molecule has 28 heavy (non-hydrogen) atoms. The molecular formula is C24H19NO3. The molecule has 0 amide bonds. The summed E-state index contributed by atoms with van der Waals surface area (Å²) in [6.07, 6.45) is 1.68. The van der Waals surface area contributed by atoms with Gasteiger partial charge in [0.05, 0.1) is 0 Å². The first-order chi connectivity index (χ1) is 13.6. The Kier molecular flexibility index (Phi) is 4.77. The molecule has 4 rings (SSSR count). The SMILES string of the molecule is C=C(C)COc1ccccc1/C=C1\N=C(c2ccc3ccccc3c2)OC1=O. The van der Waals surface area contributed by atoms with Crippen molar-refractivity contribution in [2.75, 3.05) is 6.61 Å². The Hall–Kier alpha value is -3.66. The summed E-state index contributed by atoms with van der Waals surface area (Å²) in [5.41, 5.74) is 2.69. The van der Waals surface area contributed by atoms with E-state index in [4.69, 9.17) is 9.47 Å². The van der Waals surface area contributed by atoms with E-state index < -0.39 is 5.97 Å². The van der Waals surface area contributed by atoms with Crippen LogP contribution in [0.25, 0.3) is 16.8 Å². The van der Waals surface area contributed by atoms with Crippen LogP contribution in [0.1, 0.15) is 18.1 Å². The van der Waals surface area contributed by atoms with Crippen LogP contribution in [0, 0.1) is 0 Å². The second kappa shape index (κ2) is 7.53. The molecule has 0 N–H and O–H groups in total. The first-order valence-electron chi connectivity index (χ1n) is 8.98. The van der Waals surface area contributed by atoms with Crippen molar-refractivity contribution < 1.29 is 14.3 Å². The van der Waals surface area contributed by atoms with E-state index in [-0.39, 0.29) is 5.70 Å². The van der Waals surface area contributed by atoms with E-state index >= 15 is 0 Å². The number of nitrogens with zero attached hydrogens (tertiary/aromatic N) is 1. The molecule has 0 unspecified atom stereocenters. The van der Waals surface area contributed by atoms with Gasteiger partial charge in [-0.15, -0.1) is 0 Å². The van der Waals surface area contributed by atoms with Crippen molar-refractivity contribution >= 4 is 28.7 Å². The lowest BCUT2D eigenvalue weighted by Crippen LogP contribution is -2.05. The quantitative estimate of drug-likeness (QED) is 0.355. The van der Waals surface area contributed by atoms with Crippen LogP contribution in [0.5, 0.6) is 5.75 Å². The van der Waals surface area contributed by atoms with Gasteiger partial charge < -0.3 is 9.47 Å². The van der Waals surface area contributed by atoms with Crippen LogP contribution in [0.2, 0.25) is 0 Å². The molecule has 0 aliphatic carbocycles. The highest BCUT2D eigenvalue weighted by Gasteiger charge is 2.24. The lowest BCUT2D eigenvalue weighted by atomic mass is 10.1. The summed E-state index contributed by atoms with van der Waals surface area (Å²) in [6.45, 7) is 6.16. The average Bonchev–Trinajstić information content (AvgIpc) is 3.07. The van der Waals surface area contributed by atoms with Crippen molar-refractivity contribution in [2.45, 2.75) is 6.92 Å². The summed E-state index contributed by atoms with van der Waals surface area (Å²) in [5.74, 6) is 0.500. The van der Waals surface area contributed by atoms with Crippen LogP contribution >= 0.6 is 0 Å². The summed E-state index contributed by atoms with van der Waals surface area (Å²) >= 11 is 0. The van der Waals surface area contributed by atoms with Gasteiger partial charge in [-0.3, -0.25) is 0 Å². The number of carbonyl (C=O) groups excluding carboxylic acids is 1. The minimum absolute atomic E-state index is 0.245. The molecule has 138 valence electrons. The summed E-state index contributed by atoms with van der Waals surface area (Å²) in [5, 5.41) is 2.19. The van der Waals surface area contributed by atoms with E-state index in [0.717, 1.165) is 27.5 Å². The van der Waals surface area contributed by atoms with Crippen molar-refractivity contribution in [2.24, 2.45) is 4.99 Å². The molecule has 0 fully saturated rings. The van der Waals surface area contributed by atoms with Crippen LogP contribution in [-0.4, -0.2) is 18.5 Å². The van der Waals surface area contributed by atoms with Gasteiger partial charge in [0.25, 0.3) is 0 Å². The number of cyclic esters (lactones) is 1. The molecule has 0 atom stereocenters. The summed E-state index contributed by atoms with van der Waals surface area (Å²) in [6, 6.07) is 21.4. The van der Waals surface area contributed by atoms with Gasteiger partial charge in [0.15, 0.2) is 5.70 Å². The van der Waals surface area contributed by atoms with E-state index in [2.05, 4.69) is 11.6 Å². The molecule has 0 aromatic heterocycles. The number of ether oxygens (including phenoxy) is 2. The Morgan fingerprint density at radius 1 is 1.07 bits per heavy atom. The third-order valence-electron chi connectivity index (χ3n) is 4.30. The Labute approximate surface area is 163 Å². The highest BCUT2D eigenvalue weighted by molar-refractivity contribution is 6.13. The number of rotatable bonds is 5. The molecule has 3 aromatic carbocycles. The van der Waals surface area contributed by atoms with E-state index in [0.29, 0.717) is 18.3 Å². The van der Waals surface area contributed by atoms with Crippen molar-refractivity contribution in [3.8, 4) is 5.75 Å². The fourth-order valence-electron chi connectivity index (χ4n) is 2.93. The van der Waals surface area contributed by atoms with E-state index in [9.17, 15) is 4.79 Å². The summed E-state index contributed by atoms with van der Waals surface area (Å²) in [4.78, 5) is 16.8. The zero-order chi connectivity index (χ0) is 19.5. The molecular weight excluding hydrogens is 350 g/mol. The molecule has 1 heterocycles. The molecule has 0 spiro atoms. The predicted octanol–water partition coefficient (Wildman–Crippen LogP) is 5.14. The largest absolute Gasteiger partial charge is 0.489 e. The predicted molar refractivity (Wildman–Crippen MR) is 111 cm³/mol. The molecule has 4 nitrogen and oxygen atoms in total. The standard InChI is InChI=1S/C24H19NO3/c1-16(2)15-27-22-10-6-5-9-19(22)14-21-24(26)28-23(25-21)20-12-11-17-7-3-4-8-18(17)13-20/h3-14H,1,15H2,2H3/b21-14-. The Balaban J connectivity index is 1.66. The number of para-hydroxylation sites is 1. The van der Waals surface area contributed by atoms with Gasteiger partial charge in [-0.2, -0.15) is 0 Å². The topological polar surface area (TPSA) is 47.9 Å². The van der Waals surface area contributed by atoms with E-state index in [1.54, 1.807) is 6.08 Å². The number of hydrogen-bond acceptors (Lipinski definition) is 4. The maximum atomic E-state index is 12.3. The number of carbonyl (C=O) groups is 1. The number of esters is 1. The first kappa shape index (κ1) is 17.7. The third kappa shape index (κ3) is 3.71. The molecule has 1 aliphatic heterocycles. The Morgan fingerprint density at radius 3 is 2.64 bits per heavy atom. The minimum Gasteiger partial charge on any atom is -0.489 e. The van der Waals surface area contributed by atoms with Gasteiger partial charge in [0, 0.05) is 11.1 Å². The maximum Gasteiger partial charge on any atom is 0.363 e. The Morgan fingerprint density at radius 2 is 1.82 bits per heavy atom. The molecule has 4 heteroatoms. The van der Waals surface area contributed by atoms with Crippen molar-refractivity contribution in [1.29, 1.82) is 0 Å². The van der Waals surface area contributed by atoms with Crippen LogP contribution in [0.4, 0.5) is 0 Å². The van der Waals surface area contributed by atoms with Gasteiger partial charge in [-0.1, -0.05) is 55.1 Å². The van der Waals surface area contributed by atoms with Crippen molar-refractivity contribution in [3.05, 3.63) is 95.7 Å². The first-order valence-corrected chi connectivity index (χ1v) is 8.98. The average molecular weight is 369 g/mol. The second-order valence-corrected chi connectivity index (χ2v) is 6.68. The summed E-state index contributed by atoms with van der Waals surface area (Å²) in [7, 11) is 0. The number of benzene rings is 3. The molecule has 0 saturated carbocycles. The zero-order valence-corrected chi connectivity index (χ0v) is 15.5. The van der Waals surface area contributed by atoms with Gasteiger partial charge in [0.1, 0.15) is 12.4 Å². The fraction of sp³-hybridized carbons (Fsp3) is 0.0833. The fourth-order valence-corrected chi connectivity index (χ4v) is 2.93. The smallest absolute Gasteiger partial charge is 0.363 e. The summed E-state index contributed by atoms with van der Waals surface area (Å²) < 4.78 is 11.2. The monoisotopic (exact) mass is 369 g/mol. The Bertz CT molecular complexity index is 1140. The van der Waals surface area contributed by atoms with E-state index in [1.807, 2.05) is 73.7 Å². The third-order valence-corrected chi connectivity index (χ3v) is 4.30. The lowest BCUT2D eigenvalue weighted by molar-refractivity contribution is -0.129. The van der Waals surface area contributed by atoms with Crippen LogP contribution in [0.15, 0.2) is 89.6 Å². The van der Waals surface area contributed by atoms with Crippen LogP contribution in [-0.2, 0) is 9.53 Å². The zero-order valence-electron chi connectivity index (χ0n) is 15.5. The second-order valence-electron chi connectivity index (χ2n) is 6.68. The number of fused-ring (bicyclic) bond motifs is 1. The van der Waals surface area contributed by atoms with Gasteiger partial charge in [0.2, 0.25) is 5.90 Å². The number of aliphatic imine (C=N–C) groups is 1. The highest BCUT2D eigenvalue weighted by atomic mass is 16.6. The number of hydrogen-bond donors (Lipinski definition) is 0. The van der Waals surface area contributed by atoms with Gasteiger partial charge in [-0.25, -0.2) is 9.79 Å². The van der Waals surface area contributed by atoms with Gasteiger partial charge >= 0.3 is 5.97 Å². The lowest BCUT2D eigenvalue weighted by Gasteiger charge is -2.08. The molecule has 1 aliphatic rings. The molecule has 3 aromatic rings. The van der Waals surface area contributed by atoms with Crippen LogP contribution < -0.4 is 4.74 Å². The molecule has 0 saturated heterocycles. The highest BCUT2D eigenvalue weighted by Crippen LogP contribution is 2.26. The molecule has 0 radical (unpaired) electrons. The van der Waals surface area contributed by atoms with Crippen molar-refractivity contribution in [3.63, 3.8) is 0 Å². The minimum atomic E-state index is -0.474. The van der Waals surface area contributed by atoms with Crippen LogP contribution in [0.3, 0.4) is 0 Å². The maximum absolute atomic E-state index is 12.3. The molecule has 0 bridgehead atoms. The normalized spacial score (nSPS) is 14.8. The van der Waals surface area contributed by atoms with Gasteiger partial charge in [-0.05, 0) is 47.5 Å². The van der Waals surface area contributed by atoms with Crippen molar-refractivity contribution in [1.82, 2.24) is 0 Å². The van der Waals surface area contributed by atoms with E-state index in [1.165, 1.54) is 0 Å².